The Kier molecular flexibility index (Phi) is 4.81. The molecular formula is C22H25NO3S. The summed E-state index contributed by atoms with van der Waals surface area (Å²) in [6.45, 7) is 2.81. The Morgan fingerprint density at radius 1 is 1.11 bits per heavy atom. The minimum atomic E-state index is -3.45. The molecule has 27 heavy (non-hydrogen) atoms. The molecular weight excluding hydrogens is 358 g/mol. The van der Waals surface area contributed by atoms with Crippen LogP contribution in [0.25, 0.3) is 0 Å². The van der Waals surface area contributed by atoms with Crippen LogP contribution in [0.2, 0.25) is 0 Å². The van der Waals surface area contributed by atoms with Crippen molar-refractivity contribution in [3.05, 3.63) is 59.2 Å². The van der Waals surface area contributed by atoms with Gasteiger partial charge in [-0.15, -0.1) is 0 Å². The van der Waals surface area contributed by atoms with E-state index in [1.54, 1.807) is 17.0 Å². The summed E-state index contributed by atoms with van der Waals surface area (Å²) in [6, 6.07) is 13.4. The Morgan fingerprint density at radius 3 is 2.74 bits per heavy atom. The number of para-hydroxylation sites is 1. The van der Waals surface area contributed by atoms with Gasteiger partial charge < -0.3 is 4.90 Å². The Labute approximate surface area is 161 Å². The van der Waals surface area contributed by atoms with Gasteiger partial charge in [-0.1, -0.05) is 31.2 Å². The summed E-state index contributed by atoms with van der Waals surface area (Å²) in [5.41, 5.74) is 4.49. The lowest BCUT2D eigenvalue weighted by atomic mass is 9.91. The number of carbonyl (C=O) groups is 1. The molecule has 0 N–H and O–H groups in total. The number of benzene rings is 2. The molecule has 0 bridgehead atoms. The molecule has 0 saturated carbocycles. The van der Waals surface area contributed by atoms with Crippen LogP contribution in [0.1, 0.15) is 48.8 Å². The van der Waals surface area contributed by atoms with Crippen LogP contribution in [0.15, 0.2) is 47.4 Å². The predicted octanol–water partition coefficient (Wildman–Crippen LogP) is 3.88. The molecule has 1 heterocycles. The maximum absolute atomic E-state index is 12.8. The molecule has 1 aliphatic heterocycles. The third-order valence-electron chi connectivity index (χ3n) is 5.86. The highest BCUT2D eigenvalue weighted by molar-refractivity contribution is 7.91. The van der Waals surface area contributed by atoms with Gasteiger partial charge in [0.1, 0.15) is 0 Å². The van der Waals surface area contributed by atoms with Crippen LogP contribution in [0, 0.1) is 0 Å². The first-order chi connectivity index (χ1) is 13.0. The number of hydrogen-bond donors (Lipinski definition) is 0. The minimum absolute atomic E-state index is 0.0160. The fraction of sp³-hybridized carbons (Fsp3) is 0.409. The van der Waals surface area contributed by atoms with Gasteiger partial charge in [0, 0.05) is 18.7 Å². The number of fused-ring (bicyclic) bond motifs is 2. The lowest BCUT2D eigenvalue weighted by Gasteiger charge is -2.33. The van der Waals surface area contributed by atoms with Crippen LogP contribution in [0.4, 0.5) is 5.69 Å². The van der Waals surface area contributed by atoms with Crippen LogP contribution in [0.3, 0.4) is 0 Å². The van der Waals surface area contributed by atoms with Gasteiger partial charge >= 0.3 is 0 Å². The van der Waals surface area contributed by atoms with Gasteiger partial charge in [-0.05, 0) is 66.5 Å². The highest BCUT2D eigenvalue weighted by atomic mass is 32.2. The third-order valence-corrected chi connectivity index (χ3v) is 7.57. The molecule has 4 rings (SSSR count). The van der Waals surface area contributed by atoms with Crippen molar-refractivity contribution < 1.29 is 13.2 Å². The number of sulfone groups is 1. The number of hydrogen-bond acceptors (Lipinski definition) is 3. The molecule has 0 fully saturated rings. The molecule has 2 aromatic rings. The second kappa shape index (κ2) is 7.12. The monoisotopic (exact) mass is 383 g/mol. The van der Waals surface area contributed by atoms with E-state index in [1.165, 1.54) is 11.1 Å². The maximum atomic E-state index is 12.8. The molecule has 0 saturated heterocycles. The fourth-order valence-corrected chi connectivity index (χ4v) is 5.50. The molecule has 142 valence electrons. The zero-order chi connectivity index (χ0) is 19.0. The van der Waals surface area contributed by atoms with Gasteiger partial charge in [0.25, 0.3) is 0 Å². The average Bonchev–Trinajstić information content (AvgIpc) is 3.14. The van der Waals surface area contributed by atoms with E-state index in [4.69, 9.17) is 0 Å². The Balaban J connectivity index is 1.49. The summed E-state index contributed by atoms with van der Waals surface area (Å²) < 4.78 is 25.5. The number of rotatable bonds is 4. The summed E-state index contributed by atoms with van der Waals surface area (Å²) in [5.74, 6) is 0.165. The van der Waals surface area contributed by atoms with E-state index in [9.17, 15) is 13.2 Å². The standard InChI is InChI=1S/C22H25NO3S/c1-16-11-13-23(21-8-3-2-7-20(16)21)22(24)12-14-27(25,26)19-10-9-17-5-4-6-18(17)15-19/h2-3,7-10,15-16H,4-6,11-14H2,1H3. The fourth-order valence-electron chi connectivity index (χ4n) is 4.22. The second-order valence-electron chi connectivity index (χ2n) is 7.65. The molecule has 2 aliphatic rings. The molecule has 0 aromatic heterocycles. The third kappa shape index (κ3) is 3.53. The van der Waals surface area contributed by atoms with Gasteiger partial charge in [-0.3, -0.25) is 4.79 Å². The van der Waals surface area contributed by atoms with Crippen molar-refractivity contribution in [1.29, 1.82) is 0 Å². The minimum Gasteiger partial charge on any atom is -0.312 e. The smallest absolute Gasteiger partial charge is 0.228 e. The van der Waals surface area contributed by atoms with Crippen LogP contribution >= 0.6 is 0 Å². The first kappa shape index (κ1) is 18.2. The van der Waals surface area contributed by atoms with Gasteiger partial charge in [0.2, 0.25) is 5.91 Å². The van der Waals surface area contributed by atoms with E-state index < -0.39 is 9.84 Å². The van der Waals surface area contributed by atoms with Crippen molar-refractivity contribution in [2.45, 2.75) is 49.8 Å². The normalized spacial score (nSPS) is 18.9. The van der Waals surface area contributed by atoms with Gasteiger partial charge in [0.05, 0.1) is 10.6 Å². The van der Waals surface area contributed by atoms with E-state index in [1.807, 2.05) is 24.3 Å². The molecule has 2 aromatic carbocycles. The summed E-state index contributed by atoms with van der Waals surface area (Å²) in [5, 5.41) is 0. The molecule has 1 aliphatic carbocycles. The first-order valence-corrected chi connectivity index (χ1v) is 11.3. The molecule has 0 spiro atoms. The van der Waals surface area contributed by atoms with Crippen molar-refractivity contribution in [2.75, 3.05) is 17.2 Å². The van der Waals surface area contributed by atoms with Crippen LogP contribution in [-0.4, -0.2) is 26.6 Å². The quantitative estimate of drug-likeness (QED) is 0.805. The molecule has 1 amide bonds. The zero-order valence-corrected chi connectivity index (χ0v) is 16.5. The van der Waals surface area contributed by atoms with Gasteiger partial charge in [-0.25, -0.2) is 8.42 Å². The summed E-state index contributed by atoms with van der Waals surface area (Å²) in [7, 11) is -3.45. The topological polar surface area (TPSA) is 54.5 Å². The second-order valence-corrected chi connectivity index (χ2v) is 9.76. The van der Waals surface area contributed by atoms with Crippen LogP contribution < -0.4 is 4.90 Å². The van der Waals surface area contributed by atoms with Crippen molar-refractivity contribution in [3.63, 3.8) is 0 Å². The Morgan fingerprint density at radius 2 is 1.89 bits per heavy atom. The van der Waals surface area contributed by atoms with Crippen LogP contribution in [-0.2, 0) is 27.5 Å². The summed E-state index contributed by atoms with van der Waals surface area (Å²) >= 11 is 0. The molecule has 0 radical (unpaired) electrons. The maximum Gasteiger partial charge on any atom is 0.228 e. The molecule has 1 atom stereocenters. The number of aryl methyl sites for hydroxylation is 2. The summed E-state index contributed by atoms with van der Waals surface area (Å²) in [4.78, 5) is 14.9. The van der Waals surface area contributed by atoms with Crippen molar-refractivity contribution in [3.8, 4) is 0 Å². The Bertz CT molecular complexity index is 981. The molecule has 1 unspecified atom stereocenters. The lowest BCUT2D eigenvalue weighted by molar-refractivity contribution is -0.118. The first-order valence-electron chi connectivity index (χ1n) is 9.69. The average molecular weight is 384 g/mol. The summed E-state index contributed by atoms with van der Waals surface area (Å²) in [6.07, 6.45) is 3.98. The van der Waals surface area contributed by atoms with E-state index in [2.05, 4.69) is 13.0 Å². The predicted molar refractivity (Wildman–Crippen MR) is 107 cm³/mol. The van der Waals surface area contributed by atoms with Crippen molar-refractivity contribution in [1.82, 2.24) is 0 Å². The van der Waals surface area contributed by atoms with E-state index >= 15 is 0 Å². The van der Waals surface area contributed by atoms with Crippen molar-refractivity contribution in [2.24, 2.45) is 0 Å². The number of amides is 1. The van der Waals surface area contributed by atoms with Crippen molar-refractivity contribution >= 4 is 21.4 Å². The Hall–Kier alpha value is -2.14. The largest absolute Gasteiger partial charge is 0.312 e. The number of anilines is 1. The number of nitrogens with zero attached hydrogens (tertiary/aromatic N) is 1. The lowest BCUT2D eigenvalue weighted by Crippen LogP contribution is -2.37. The van der Waals surface area contributed by atoms with Gasteiger partial charge in [0.15, 0.2) is 9.84 Å². The zero-order valence-electron chi connectivity index (χ0n) is 15.6. The van der Waals surface area contributed by atoms with Crippen LogP contribution in [0.5, 0.6) is 0 Å². The highest BCUT2D eigenvalue weighted by Crippen LogP contribution is 2.35. The van der Waals surface area contributed by atoms with E-state index in [0.29, 0.717) is 17.4 Å². The highest BCUT2D eigenvalue weighted by Gasteiger charge is 2.27. The van der Waals surface area contributed by atoms with E-state index in [0.717, 1.165) is 36.9 Å². The number of carbonyl (C=O) groups excluding carboxylic acids is 1. The van der Waals surface area contributed by atoms with Gasteiger partial charge in [-0.2, -0.15) is 0 Å². The van der Waals surface area contributed by atoms with E-state index in [-0.39, 0.29) is 18.1 Å². The SMILES string of the molecule is CC1CCN(C(=O)CCS(=O)(=O)c2ccc3c(c2)CCC3)c2ccccc21. The molecule has 5 heteroatoms. The molecule has 4 nitrogen and oxygen atoms in total.